The van der Waals surface area contributed by atoms with Gasteiger partial charge in [0.2, 0.25) is 0 Å². The van der Waals surface area contributed by atoms with Crippen LogP contribution in [0.5, 0.6) is 0 Å². The van der Waals surface area contributed by atoms with E-state index in [9.17, 15) is 0 Å². The minimum atomic E-state index is 0.0159. The highest BCUT2D eigenvalue weighted by molar-refractivity contribution is 6.23. The summed E-state index contributed by atoms with van der Waals surface area (Å²) in [5.41, 5.74) is 15.0. The molecule has 0 spiro atoms. The van der Waals surface area contributed by atoms with Crippen LogP contribution >= 0.6 is 0 Å². The molecular formula is C76H56N2. The molecule has 0 saturated heterocycles. The first-order chi connectivity index (χ1) is 38.3. The molecule has 14 rings (SSSR count). The highest BCUT2D eigenvalue weighted by Gasteiger charge is 2.24. The average Bonchev–Trinajstić information content (AvgIpc) is 3.59. The third kappa shape index (κ3) is 8.40. The Morgan fingerprint density at radius 3 is 1.19 bits per heavy atom. The molecule has 0 unspecified atom stereocenters. The van der Waals surface area contributed by atoms with Crippen LogP contribution in [0.1, 0.15) is 26.3 Å². The maximum Gasteiger partial charge on any atom is 0.0468 e. The molecule has 0 aliphatic heterocycles. The molecule has 14 aromatic carbocycles. The summed E-state index contributed by atoms with van der Waals surface area (Å²) in [7, 11) is 0. The third-order valence-corrected chi connectivity index (χ3v) is 15.9. The van der Waals surface area contributed by atoms with Crippen molar-refractivity contribution in [1.82, 2.24) is 0 Å². The molecule has 2 heteroatoms. The molecule has 0 aromatic heterocycles. The molecule has 0 bridgehead atoms. The van der Waals surface area contributed by atoms with Crippen LogP contribution in [0.25, 0.3) is 98.0 Å². The van der Waals surface area contributed by atoms with E-state index < -0.39 is 0 Å². The summed E-state index contributed by atoms with van der Waals surface area (Å²) < 4.78 is 0. The quantitative estimate of drug-likeness (QED) is 0.133. The smallest absolute Gasteiger partial charge is 0.0468 e. The van der Waals surface area contributed by atoms with Crippen LogP contribution in [-0.4, -0.2) is 0 Å². The van der Waals surface area contributed by atoms with Crippen molar-refractivity contribution in [3.63, 3.8) is 0 Å². The first-order valence-corrected chi connectivity index (χ1v) is 27.1. The van der Waals surface area contributed by atoms with Crippen molar-refractivity contribution in [2.75, 3.05) is 9.80 Å². The number of hydrogen-bond acceptors (Lipinski definition) is 2. The maximum atomic E-state index is 2.46. The second kappa shape index (κ2) is 19.1. The van der Waals surface area contributed by atoms with Gasteiger partial charge in [0.25, 0.3) is 0 Å². The lowest BCUT2D eigenvalue weighted by molar-refractivity contribution is 0.590. The van der Waals surface area contributed by atoms with E-state index in [4.69, 9.17) is 0 Å². The van der Waals surface area contributed by atoms with Gasteiger partial charge in [0.15, 0.2) is 0 Å². The lowest BCUT2D eigenvalue weighted by Gasteiger charge is -2.29. The predicted octanol–water partition coefficient (Wildman–Crippen LogP) is 21.8. The van der Waals surface area contributed by atoms with Crippen LogP contribution < -0.4 is 9.80 Å². The van der Waals surface area contributed by atoms with Crippen LogP contribution in [0, 0.1) is 0 Å². The van der Waals surface area contributed by atoms with Gasteiger partial charge < -0.3 is 9.80 Å². The van der Waals surface area contributed by atoms with Crippen LogP contribution in [0.3, 0.4) is 0 Å². The number of rotatable bonds is 9. The Kier molecular flexibility index (Phi) is 11.5. The molecule has 2 nitrogen and oxygen atoms in total. The zero-order valence-electron chi connectivity index (χ0n) is 44.0. The van der Waals surface area contributed by atoms with Crippen LogP contribution in [0.2, 0.25) is 0 Å². The second-order valence-corrected chi connectivity index (χ2v) is 21.7. The molecule has 14 aromatic rings. The van der Waals surface area contributed by atoms with Crippen molar-refractivity contribution in [2.45, 2.75) is 26.2 Å². The molecule has 78 heavy (non-hydrogen) atoms. The summed E-state index contributed by atoms with van der Waals surface area (Å²) in [5.74, 6) is 0. The predicted molar refractivity (Wildman–Crippen MR) is 336 cm³/mol. The molecular weight excluding hydrogens is 941 g/mol. The normalized spacial score (nSPS) is 11.8. The van der Waals surface area contributed by atoms with E-state index in [1.807, 2.05) is 0 Å². The summed E-state index contributed by atoms with van der Waals surface area (Å²) in [6.07, 6.45) is 0. The van der Waals surface area contributed by atoms with Gasteiger partial charge in [-0.15, -0.1) is 0 Å². The number of benzene rings is 14. The van der Waals surface area contributed by atoms with Crippen LogP contribution in [0.15, 0.2) is 285 Å². The van der Waals surface area contributed by atoms with Gasteiger partial charge in [-0.3, -0.25) is 0 Å². The standard InChI is InChI=1S/C76H56N2/c1-76(2,3)61-36-40-63(41-37-61)78(65-39-35-53-18-9-12-22-59(53)48-65)67-42-44-70-73(50-67)75(60-33-28-51-16-7-10-20-57(51)46-60)71-45-43-66(77(62-24-5-4-6-25-62)64-38-34-52-17-8-11-21-58(52)47-64)49-72(71)74(70)56-31-29-55(30-32-56)69-27-15-23-54-19-13-14-26-68(54)69/h4-50H,1-3H3. The van der Waals surface area contributed by atoms with Crippen LogP contribution in [0.4, 0.5) is 34.1 Å². The Hall–Kier alpha value is -9.76. The van der Waals surface area contributed by atoms with Gasteiger partial charge in [-0.25, -0.2) is 0 Å². The summed E-state index contributed by atoms with van der Waals surface area (Å²) in [6, 6.07) is 106. The van der Waals surface area contributed by atoms with Crippen molar-refractivity contribution in [1.29, 1.82) is 0 Å². The van der Waals surface area contributed by atoms with E-state index in [2.05, 4.69) is 316 Å². The summed E-state index contributed by atoms with van der Waals surface area (Å²) >= 11 is 0. The average molecular weight is 997 g/mol. The number of nitrogens with zero attached hydrogens (tertiary/aromatic N) is 2. The van der Waals surface area contributed by atoms with Crippen molar-refractivity contribution in [3.05, 3.63) is 291 Å². The van der Waals surface area contributed by atoms with Crippen molar-refractivity contribution in [3.8, 4) is 33.4 Å². The van der Waals surface area contributed by atoms with E-state index >= 15 is 0 Å². The number of anilines is 6. The third-order valence-electron chi connectivity index (χ3n) is 15.9. The second-order valence-electron chi connectivity index (χ2n) is 21.7. The van der Waals surface area contributed by atoms with Crippen molar-refractivity contribution in [2.24, 2.45) is 0 Å². The first-order valence-electron chi connectivity index (χ1n) is 27.1. The Labute approximate surface area is 456 Å². The summed E-state index contributed by atoms with van der Waals surface area (Å²) in [5, 5.41) is 14.5. The van der Waals surface area contributed by atoms with Crippen molar-refractivity contribution < 1.29 is 0 Å². The van der Waals surface area contributed by atoms with Gasteiger partial charge in [-0.2, -0.15) is 0 Å². The SMILES string of the molecule is CC(C)(C)c1ccc(N(c2ccc3ccccc3c2)c2ccc3c(-c4ccc(-c5cccc6ccccc56)cc4)c4cc(N(c5ccccc5)c5ccc6ccccc6c5)ccc4c(-c4ccc5ccccc5c4)c3c2)cc1. The fourth-order valence-electron chi connectivity index (χ4n) is 12.0. The largest absolute Gasteiger partial charge is 0.310 e. The summed E-state index contributed by atoms with van der Waals surface area (Å²) in [4.78, 5) is 4.85. The monoisotopic (exact) mass is 996 g/mol. The number of hydrogen-bond donors (Lipinski definition) is 0. The Morgan fingerprint density at radius 2 is 0.628 bits per heavy atom. The molecule has 0 fully saturated rings. The number of fused-ring (bicyclic) bond motifs is 6. The van der Waals surface area contributed by atoms with E-state index in [1.165, 1.54) is 98.0 Å². The molecule has 0 atom stereocenters. The van der Waals surface area contributed by atoms with Crippen LogP contribution in [-0.2, 0) is 5.41 Å². The highest BCUT2D eigenvalue weighted by atomic mass is 15.1. The lowest BCUT2D eigenvalue weighted by atomic mass is 9.84. The maximum absolute atomic E-state index is 2.46. The highest BCUT2D eigenvalue weighted by Crippen LogP contribution is 2.49. The lowest BCUT2D eigenvalue weighted by Crippen LogP contribution is -2.13. The van der Waals surface area contributed by atoms with E-state index in [-0.39, 0.29) is 5.41 Å². The Balaban J connectivity index is 1.06. The molecule has 0 radical (unpaired) electrons. The molecule has 0 aliphatic rings. The molecule has 0 aliphatic carbocycles. The zero-order valence-corrected chi connectivity index (χ0v) is 44.0. The Morgan fingerprint density at radius 1 is 0.231 bits per heavy atom. The number of para-hydroxylation sites is 1. The van der Waals surface area contributed by atoms with Gasteiger partial charge >= 0.3 is 0 Å². The topological polar surface area (TPSA) is 6.48 Å². The minimum Gasteiger partial charge on any atom is -0.310 e. The van der Waals surface area contributed by atoms with Gasteiger partial charge in [-0.1, -0.05) is 227 Å². The molecule has 370 valence electrons. The minimum absolute atomic E-state index is 0.0159. The Bertz CT molecular complexity index is 4580. The van der Waals surface area contributed by atoms with E-state index in [0.29, 0.717) is 0 Å². The molecule has 0 N–H and O–H groups in total. The van der Waals surface area contributed by atoms with Gasteiger partial charge in [0.05, 0.1) is 0 Å². The van der Waals surface area contributed by atoms with E-state index in [0.717, 1.165) is 39.7 Å². The van der Waals surface area contributed by atoms with E-state index in [1.54, 1.807) is 0 Å². The fourth-order valence-corrected chi connectivity index (χ4v) is 12.0. The van der Waals surface area contributed by atoms with Crippen molar-refractivity contribution >= 4 is 98.8 Å². The van der Waals surface area contributed by atoms with Gasteiger partial charge in [0.1, 0.15) is 0 Å². The first kappa shape index (κ1) is 46.7. The fraction of sp³-hybridized carbons (Fsp3) is 0.0526. The summed E-state index contributed by atoms with van der Waals surface area (Å²) in [6.45, 7) is 6.85. The zero-order chi connectivity index (χ0) is 52.3. The molecule has 0 amide bonds. The van der Waals surface area contributed by atoms with Gasteiger partial charge in [0, 0.05) is 34.1 Å². The molecule has 0 saturated carbocycles. The van der Waals surface area contributed by atoms with Gasteiger partial charge in [-0.05, 0) is 188 Å². The molecule has 0 heterocycles.